The van der Waals surface area contributed by atoms with Gasteiger partial charge in [-0.3, -0.25) is 9.55 Å². The molecule has 0 atom stereocenters. The van der Waals surface area contributed by atoms with Crippen molar-refractivity contribution in [3.05, 3.63) is 146 Å². The van der Waals surface area contributed by atoms with Gasteiger partial charge in [-0.05, 0) is 46.3 Å². The Morgan fingerprint density at radius 1 is 0.488 bits per heavy atom. The average molecular weight is 525 g/mol. The van der Waals surface area contributed by atoms with Crippen LogP contribution in [-0.4, -0.2) is 19.5 Å². The summed E-state index contributed by atoms with van der Waals surface area (Å²) in [5.41, 5.74) is 8.50. The topological polar surface area (TPSA) is 43.6 Å². The number of nitrogens with zero attached hydrogens (tertiary/aromatic N) is 4. The second-order valence-corrected chi connectivity index (χ2v) is 10.2. The molecule has 0 bridgehead atoms. The van der Waals surface area contributed by atoms with Crippen molar-refractivity contribution in [1.82, 2.24) is 19.5 Å². The Balaban J connectivity index is 1.27. The molecule has 8 rings (SSSR count). The van der Waals surface area contributed by atoms with Crippen LogP contribution < -0.4 is 0 Å². The van der Waals surface area contributed by atoms with E-state index in [1.807, 2.05) is 30.7 Å². The molecule has 8 aromatic rings. The van der Waals surface area contributed by atoms with Gasteiger partial charge in [0.05, 0.1) is 16.7 Å². The number of aromatic nitrogens is 4. The predicted molar refractivity (Wildman–Crippen MR) is 168 cm³/mol. The molecule has 0 radical (unpaired) electrons. The van der Waals surface area contributed by atoms with Gasteiger partial charge in [0.2, 0.25) is 5.95 Å². The van der Waals surface area contributed by atoms with Crippen LogP contribution in [0.2, 0.25) is 0 Å². The maximum Gasteiger partial charge on any atom is 0.235 e. The first-order chi connectivity index (χ1) is 20.3. The summed E-state index contributed by atoms with van der Waals surface area (Å²) in [6, 6.07) is 44.5. The average Bonchev–Trinajstić information content (AvgIpc) is 3.40. The molecule has 0 aliphatic carbocycles. The highest BCUT2D eigenvalue weighted by atomic mass is 15.2. The number of hydrogen-bond donors (Lipinski definition) is 0. The Hall–Kier alpha value is -5.61. The highest BCUT2D eigenvalue weighted by Gasteiger charge is 2.17. The Bertz CT molecular complexity index is 2210. The third-order valence-electron chi connectivity index (χ3n) is 7.74. The summed E-state index contributed by atoms with van der Waals surface area (Å²) in [4.78, 5) is 14.5. The molecule has 5 aromatic carbocycles. The highest BCUT2D eigenvalue weighted by molar-refractivity contribution is 6.18. The smallest absolute Gasteiger partial charge is 0.235 e. The minimum atomic E-state index is 0.640. The SMILES string of the molecule is c1ccc(-c2cccc(-c3cncc(-c4ccnc(-n5c6ccccc6c6ccc7ccccc7c65)n4)c3)c2)cc1. The molecule has 0 aliphatic rings. The van der Waals surface area contributed by atoms with Crippen LogP contribution in [0.5, 0.6) is 0 Å². The molecule has 0 N–H and O–H groups in total. The van der Waals surface area contributed by atoms with Crippen molar-refractivity contribution in [2.24, 2.45) is 0 Å². The van der Waals surface area contributed by atoms with Crippen LogP contribution in [0.25, 0.3) is 72.0 Å². The summed E-state index contributed by atoms with van der Waals surface area (Å²) in [5.74, 6) is 0.640. The van der Waals surface area contributed by atoms with Gasteiger partial charge < -0.3 is 0 Å². The van der Waals surface area contributed by atoms with Crippen LogP contribution in [0, 0.1) is 0 Å². The molecular formula is C37H24N4. The maximum absolute atomic E-state index is 5.10. The predicted octanol–water partition coefficient (Wildman–Crippen LogP) is 9.12. The molecule has 0 aliphatic heterocycles. The normalized spacial score (nSPS) is 11.4. The van der Waals surface area contributed by atoms with Gasteiger partial charge in [0.15, 0.2) is 0 Å². The summed E-state index contributed by atoms with van der Waals surface area (Å²) in [5, 5.41) is 4.74. The zero-order valence-electron chi connectivity index (χ0n) is 22.1. The molecule has 4 heteroatoms. The zero-order valence-corrected chi connectivity index (χ0v) is 22.1. The van der Waals surface area contributed by atoms with Crippen molar-refractivity contribution >= 4 is 32.6 Å². The lowest BCUT2D eigenvalue weighted by atomic mass is 9.99. The summed E-state index contributed by atoms with van der Waals surface area (Å²) >= 11 is 0. The van der Waals surface area contributed by atoms with Crippen LogP contribution in [0.15, 0.2) is 146 Å². The van der Waals surface area contributed by atoms with Crippen LogP contribution in [0.4, 0.5) is 0 Å². The lowest BCUT2D eigenvalue weighted by Gasteiger charge is -2.10. The molecule has 0 spiro atoms. The summed E-state index contributed by atoms with van der Waals surface area (Å²) < 4.78 is 2.19. The Kier molecular flexibility index (Phi) is 5.42. The minimum Gasteiger partial charge on any atom is -0.277 e. The van der Waals surface area contributed by atoms with Crippen molar-refractivity contribution in [2.75, 3.05) is 0 Å². The van der Waals surface area contributed by atoms with E-state index in [4.69, 9.17) is 9.97 Å². The zero-order chi connectivity index (χ0) is 27.2. The third-order valence-corrected chi connectivity index (χ3v) is 7.74. The quantitative estimate of drug-likeness (QED) is 0.231. The van der Waals surface area contributed by atoms with Crippen LogP contribution >= 0.6 is 0 Å². The molecule has 0 fully saturated rings. The molecule has 4 nitrogen and oxygen atoms in total. The van der Waals surface area contributed by atoms with Gasteiger partial charge >= 0.3 is 0 Å². The van der Waals surface area contributed by atoms with Crippen molar-refractivity contribution in [3.63, 3.8) is 0 Å². The van der Waals surface area contributed by atoms with Crippen molar-refractivity contribution in [1.29, 1.82) is 0 Å². The molecular weight excluding hydrogens is 500 g/mol. The number of hydrogen-bond acceptors (Lipinski definition) is 3. The fourth-order valence-electron chi connectivity index (χ4n) is 5.80. The molecule has 0 saturated carbocycles. The number of benzene rings is 5. The summed E-state index contributed by atoms with van der Waals surface area (Å²) in [6.07, 6.45) is 5.62. The summed E-state index contributed by atoms with van der Waals surface area (Å²) in [6.45, 7) is 0. The standard InChI is InChI=1S/C37H24N4/c1-2-9-25(10-3-1)27-12-8-13-28(21-27)29-22-30(24-38-23-29)34-19-20-39-37(40-34)41-35-16-7-6-15-32(35)33-18-17-26-11-4-5-14-31(26)36(33)41/h1-24H. The van der Waals surface area contributed by atoms with Gasteiger partial charge in [0, 0.05) is 45.9 Å². The summed E-state index contributed by atoms with van der Waals surface area (Å²) in [7, 11) is 0. The van der Waals surface area contributed by atoms with E-state index in [0.29, 0.717) is 5.95 Å². The van der Waals surface area contributed by atoms with Gasteiger partial charge in [-0.25, -0.2) is 9.97 Å². The first-order valence-corrected chi connectivity index (χ1v) is 13.7. The number of rotatable bonds is 4. The van der Waals surface area contributed by atoms with E-state index >= 15 is 0 Å². The van der Waals surface area contributed by atoms with Gasteiger partial charge in [-0.15, -0.1) is 0 Å². The minimum absolute atomic E-state index is 0.640. The first-order valence-electron chi connectivity index (χ1n) is 13.7. The fourth-order valence-corrected chi connectivity index (χ4v) is 5.80. The van der Waals surface area contributed by atoms with Crippen LogP contribution in [-0.2, 0) is 0 Å². The van der Waals surface area contributed by atoms with E-state index in [2.05, 4.69) is 125 Å². The third kappa shape index (κ3) is 3.97. The van der Waals surface area contributed by atoms with E-state index in [9.17, 15) is 0 Å². The lowest BCUT2D eigenvalue weighted by molar-refractivity contribution is 0.994. The number of fused-ring (bicyclic) bond motifs is 5. The molecule has 3 aromatic heterocycles. The van der Waals surface area contributed by atoms with Gasteiger partial charge in [-0.1, -0.05) is 103 Å². The maximum atomic E-state index is 5.10. The van der Waals surface area contributed by atoms with Crippen LogP contribution in [0.3, 0.4) is 0 Å². The molecule has 192 valence electrons. The largest absolute Gasteiger partial charge is 0.277 e. The molecule has 41 heavy (non-hydrogen) atoms. The molecule has 3 heterocycles. The molecule has 0 amide bonds. The molecule has 0 saturated heterocycles. The van der Waals surface area contributed by atoms with E-state index in [1.165, 1.54) is 32.7 Å². The van der Waals surface area contributed by atoms with E-state index in [-0.39, 0.29) is 0 Å². The highest BCUT2D eigenvalue weighted by Crippen LogP contribution is 2.36. The monoisotopic (exact) mass is 524 g/mol. The lowest BCUT2D eigenvalue weighted by Crippen LogP contribution is -2.02. The van der Waals surface area contributed by atoms with E-state index in [1.54, 1.807) is 0 Å². The fraction of sp³-hybridized carbons (Fsp3) is 0. The van der Waals surface area contributed by atoms with Crippen molar-refractivity contribution < 1.29 is 0 Å². The number of para-hydroxylation sites is 1. The van der Waals surface area contributed by atoms with Crippen molar-refractivity contribution in [3.8, 4) is 39.5 Å². The Morgan fingerprint density at radius 2 is 1.20 bits per heavy atom. The van der Waals surface area contributed by atoms with Gasteiger partial charge in [0.25, 0.3) is 0 Å². The van der Waals surface area contributed by atoms with Crippen molar-refractivity contribution in [2.45, 2.75) is 0 Å². The second kappa shape index (κ2) is 9.54. The Labute approximate surface area is 237 Å². The first kappa shape index (κ1) is 23.3. The van der Waals surface area contributed by atoms with E-state index in [0.717, 1.165) is 33.4 Å². The van der Waals surface area contributed by atoms with Gasteiger partial charge in [-0.2, -0.15) is 0 Å². The van der Waals surface area contributed by atoms with E-state index < -0.39 is 0 Å². The number of pyridine rings is 1. The van der Waals surface area contributed by atoms with Crippen LogP contribution in [0.1, 0.15) is 0 Å². The molecule has 0 unspecified atom stereocenters. The van der Waals surface area contributed by atoms with Gasteiger partial charge in [0.1, 0.15) is 0 Å². The second-order valence-electron chi connectivity index (χ2n) is 10.2. The Morgan fingerprint density at radius 3 is 2.10 bits per heavy atom.